The second-order valence-electron chi connectivity index (χ2n) is 6.77. The Labute approximate surface area is 147 Å². The third-order valence-electron chi connectivity index (χ3n) is 5.01. The lowest BCUT2D eigenvalue weighted by molar-refractivity contribution is -0.145. The molecular weight excluding hydrogens is 322 g/mol. The highest BCUT2D eigenvalue weighted by molar-refractivity contribution is 5.81. The van der Waals surface area contributed by atoms with E-state index in [-0.39, 0.29) is 30.8 Å². The van der Waals surface area contributed by atoms with Gasteiger partial charge in [0.25, 0.3) is 0 Å². The van der Waals surface area contributed by atoms with Crippen LogP contribution in [0.25, 0.3) is 0 Å². The highest BCUT2D eigenvalue weighted by Gasteiger charge is 2.36. The largest absolute Gasteiger partial charge is 0.481 e. The van der Waals surface area contributed by atoms with E-state index in [1.165, 1.54) is 5.56 Å². The molecule has 3 rings (SSSR count). The summed E-state index contributed by atoms with van der Waals surface area (Å²) >= 11 is 0. The number of aromatic nitrogens is 1. The smallest absolute Gasteiger partial charge is 0.303 e. The first-order valence-electron chi connectivity index (χ1n) is 8.82. The number of nitrogens with one attached hydrogen (secondary N) is 1. The van der Waals surface area contributed by atoms with Crippen molar-refractivity contribution in [3.05, 3.63) is 23.4 Å². The van der Waals surface area contributed by atoms with Gasteiger partial charge in [0.1, 0.15) is 5.82 Å². The normalized spacial score (nSPS) is 18.0. The number of hydrogen-bond acceptors (Lipinski definition) is 5. The van der Waals surface area contributed by atoms with E-state index in [1.54, 1.807) is 12.0 Å². The zero-order valence-corrected chi connectivity index (χ0v) is 14.5. The van der Waals surface area contributed by atoms with Crippen molar-refractivity contribution in [2.75, 3.05) is 32.1 Å². The van der Waals surface area contributed by atoms with Gasteiger partial charge < -0.3 is 20.1 Å². The Bertz CT molecular complexity index is 643. The molecule has 2 N–H and O–H groups in total. The van der Waals surface area contributed by atoms with E-state index in [9.17, 15) is 9.59 Å². The van der Waals surface area contributed by atoms with E-state index in [0.29, 0.717) is 19.5 Å². The predicted molar refractivity (Wildman–Crippen MR) is 92.5 cm³/mol. The van der Waals surface area contributed by atoms with E-state index in [0.717, 1.165) is 30.9 Å². The fourth-order valence-electron chi connectivity index (χ4n) is 3.45. The van der Waals surface area contributed by atoms with Crippen molar-refractivity contribution in [1.29, 1.82) is 0 Å². The average Bonchev–Trinajstić information content (AvgIpc) is 2.57. The molecule has 2 aliphatic rings. The number of likely N-dealkylation sites (tertiary alicyclic amines) is 1. The van der Waals surface area contributed by atoms with Crippen LogP contribution in [-0.4, -0.2) is 59.7 Å². The van der Waals surface area contributed by atoms with Gasteiger partial charge in [0.05, 0.1) is 12.5 Å². The van der Waals surface area contributed by atoms with Crippen LogP contribution in [-0.2, 0) is 27.2 Å². The number of fused-ring (bicyclic) bond motifs is 1. The molecule has 1 amide bonds. The number of ether oxygens (including phenoxy) is 1. The Balaban J connectivity index is 1.52. The first kappa shape index (κ1) is 17.7. The van der Waals surface area contributed by atoms with Gasteiger partial charge in [-0.3, -0.25) is 9.59 Å². The molecule has 3 heterocycles. The lowest BCUT2D eigenvalue weighted by Gasteiger charge is -2.43. The summed E-state index contributed by atoms with van der Waals surface area (Å²) < 4.78 is 5.64. The van der Waals surface area contributed by atoms with Crippen LogP contribution in [0.15, 0.2) is 12.1 Å². The number of rotatable bonds is 7. The standard InChI is InChI=1S/C18H25N3O4/c1-25-15(13-10-21(11-13)16(22)6-7-17(23)24)9-14-5-4-12-3-2-8-19-18(12)20-14/h4-5,13,15H,2-3,6-11H2,1H3,(H,19,20)(H,23,24). The maximum Gasteiger partial charge on any atom is 0.303 e. The summed E-state index contributed by atoms with van der Waals surface area (Å²) in [5.41, 5.74) is 2.26. The molecule has 0 aliphatic carbocycles. The summed E-state index contributed by atoms with van der Waals surface area (Å²) in [4.78, 5) is 28.9. The fraction of sp³-hybridized carbons (Fsp3) is 0.611. The first-order valence-corrected chi connectivity index (χ1v) is 8.82. The van der Waals surface area contributed by atoms with E-state index >= 15 is 0 Å². The summed E-state index contributed by atoms with van der Waals surface area (Å²) in [7, 11) is 1.69. The van der Waals surface area contributed by atoms with Crippen molar-refractivity contribution in [2.24, 2.45) is 5.92 Å². The van der Waals surface area contributed by atoms with Crippen LogP contribution in [0.5, 0.6) is 0 Å². The van der Waals surface area contributed by atoms with Crippen molar-refractivity contribution in [2.45, 2.75) is 38.2 Å². The van der Waals surface area contributed by atoms with E-state index in [2.05, 4.69) is 17.4 Å². The van der Waals surface area contributed by atoms with Crippen LogP contribution in [0.1, 0.15) is 30.5 Å². The van der Waals surface area contributed by atoms with E-state index in [1.807, 2.05) is 0 Å². The molecule has 0 bridgehead atoms. The summed E-state index contributed by atoms with van der Waals surface area (Å²) in [6.07, 6.45) is 2.89. The van der Waals surface area contributed by atoms with Crippen molar-refractivity contribution in [3.63, 3.8) is 0 Å². The number of amides is 1. The number of carbonyl (C=O) groups is 2. The maximum atomic E-state index is 11.9. The Kier molecular flexibility index (Phi) is 5.53. The number of nitrogens with zero attached hydrogens (tertiary/aromatic N) is 2. The van der Waals surface area contributed by atoms with Gasteiger partial charge in [-0.2, -0.15) is 0 Å². The highest BCUT2D eigenvalue weighted by atomic mass is 16.5. The lowest BCUT2D eigenvalue weighted by atomic mass is 9.90. The summed E-state index contributed by atoms with van der Waals surface area (Å²) in [6, 6.07) is 4.20. The number of carbonyl (C=O) groups excluding carboxylic acids is 1. The number of aliphatic carboxylic acids is 1. The van der Waals surface area contributed by atoms with Gasteiger partial charge >= 0.3 is 5.97 Å². The maximum absolute atomic E-state index is 11.9. The first-order chi connectivity index (χ1) is 12.1. The minimum Gasteiger partial charge on any atom is -0.481 e. The van der Waals surface area contributed by atoms with Gasteiger partial charge in [0, 0.05) is 51.2 Å². The second-order valence-corrected chi connectivity index (χ2v) is 6.77. The van der Waals surface area contributed by atoms with Crippen LogP contribution in [0, 0.1) is 5.92 Å². The topological polar surface area (TPSA) is 91.8 Å². The fourth-order valence-corrected chi connectivity index (χ4v) is 3.45. The molecular formula is C18H25N3O4. The van der Waals surface area contributed by atoms with Crippen molar-refractivity contribution in [3.8, 4) is 0 Å². The zero-order valence-electron chi connectivity index (χ0n) is 14.5. The van der Waals surface area contributed by atoms with Gasteiger partial charge in [-0.1, -0.05) is 6.07 Å². The molecule has 136 valence electrons. The molecule has 0 saturated carbocycles. The number of anilines is 1. The Hall–Kier alpha value is -2.15. The summed E-state index contributed by atoms with van der Waals surface area (Å²) in [6.45, 7) is 2.22. The van der Waals surface area contributed by atoms with Gasteiger partial charge in [0.15, 0.2) is 0 Å². The molecule has 7 heteroatoms. The molecule has 0 aromatic carbocycles. The predicted octanol–water partition coefficient (Wildman–Crippen LogP) is 1.32. The van der Waals surface area contributed by atoms with Crippen LogP contribution < -0.4 is 5.32 Å². The summed E-state index contributed by atoms with van der Waals surface area (Å²) in [5.74, 6) is 0.221. The van der Waals surface area contributed by atoms with Crippen LogP contribution in [0.3, 0.4) is 0 Å². The van der Waals surface area contributed by atoms with Crippen molar-refractivity contribution in [1.82, 2.24) is 9.88 Å². The summed E-state index contributed by atoms with van der Waals surface area (Å²) in [5, 5.41) is 12.0. The monoisotopic (exact) mass is 347 g/mol. The minimum atomic E-state index is -0.938. The zero-order chi connectivity index (χ0) is 17.8. The van der Waals surface area contributed by atoms with Gasteiger partial charge in [-0.05, 0) is 24.5 Å². The molecule has 7 nitrogen and oxygen atoms in total. The number of aryl methyl sites for hydroxylation is 1. The molecule has 0 radical (unpaired) electrons. The SMILES string of the molecule is COC(Cc1ccc2c(n1)NCCC2)C1CN(C(=O)CCC(=O)O)C1. The van der Waals surface area contributed by atoms with Gasteiger partial charge in [0.2, 0.25) is 5.91 Å². The number of hydrogen-bond donors (Lipinski definition) is 2. The number of pyridine rings is 1. The Morgan fingerprint density at radius 3 is 2.92 bits per heavy atom. The molecule has 1 atom stereocenters. The molecule has 1 unspecified atom stereocenters. The Morgan fingerprint density at radius 1 is 1.40 bits per heavy atom. The third kappa shape index (κ3) is 4.28. The van der Waals surface area contributed by atoms with Crippen LogP contribution >= 0.6 is 0 Å². The van der Waals surface area contributed by atoms with Gasteiger partial charge in [-0.15, -0.1) is 0 Å². The van der Waals surface area contributed by atoms with E-state index in [4.69, 9.17) is 14.8 Å². The lowest BCUT2D eigenvalue weighted by Crippen LogP contribution is -2.55. The van der Waals surface area contributed by atoms with Crippen LogP contribution in [0.2, 0.25) is 0 Å². The minimum absolute atomic E-state index is 0.0117. The molecule has 1 aromatic heterocycles. The Morgan fingerprint density at radius 2 is 2.20 bits per heavy atom. The van der Waals surface area contributed by atoms with E-state index < -0.39 is 5.97 Å². The third-order valence-corrected chi connectivity index (χ3v) is 5.01. The molecule has 25 heavy (non-hydrogen) atoms. The second kappa shape index (κ2) is 7.82. The van der Waals surface area contributed by atoms with Crippen molar-refractivity contribution < 1.29 is 19.4 Å². The average molecular weight is 347 g/mol. The number of carboxylic acids is 1. The molecule has 1 fully saturated rings. The van der Waals surface area contributed by atoms with Crippen LogP contribution in [0.4, 0.5) is 5.82 Å². The molecule has 2 aliphatic heterocycles. The highest BCUT2D eigenvalue weighted by Crippen LogP contribution is 2.26. The van der Waals surface area contributed by atoms with Crippen molar-refractivity contribution >= 4 is 17.7 Å². The van der Waals surface area contributed by atoms with Gasteiger partial charge in [-0.25, -0.2) is 4.98 Å². The quantitative estimate of drug-likeness (QED) is 0.773. The molecule has 0 spiro atoms. The molecule has 1 saturated heterocycles. The number of carboxylic acid groups (broad SMARTS) is 1. The number of methoxy groups -OCH3 is 1. The molecule has 1 aromatic rings.